The average molecular weight is 812 g/mol. The third-order valence-corrected chi connectivity index (χ3v) is 11.7. The molecular weight excluding hydrogens is 752 g/mol. The summed E-state index contributed by atoms with van der Waals surface area (Å²) in [6.45, 7) is 23.2. The summed E-state index contributed by atoms with van der Waals surface area (Å²) in [5, 5.41) is 5.17. The van der Waals surface area contributed by atoms with Crippen molar-refractivity contribution < 1.29 is 24.2 Å². The van der Waals surface area contributed by atoms with Crippen molar-refractivity contribution in [1.29, 1.82) is 0 Å². The molecule has 0 heterocycles. The monoisotopic (exact) mass is 810 g/mol. The molecule has 284 valence electrons. The van der Waals surface area contributed by atoms with E-state index in [2.05, 4.69) is 191 Å². The number of rotatable bonds is 6. The zero-order valence-corrected chi connectivity index (χ0v) is 38.0. The molecule has 0 spiro atoms. The zero-order valence-electron chi connectivity index (χ0n) is 35.5. The number of fused-ring (bicyclic) bond motifs is 5. The van der Waals surface area contributed by atoms with E-state index in [-0.39, 0.29) is 10.8 Å². The van der Waals surface area contributed by atoms with Gasteiger partial charge in [-0.05, 0) is 55.7 Å². The normalized spacial score (nSPS) is 13.1. The molecule has 6 aromatic carbocycles. The van der Waals surface area contributed by atoms with Crippen molar-refractivity contribution in [2.75, 3.05) is 0 Å². The Bertz CT molecular complexity index is 2220. The van der Waals surface area contributed by atoms with Crippen LogP contribution in [0.5, 0.6) is 0 Å². The Balaban J connectivity index is 0.000000299. The van der Waals surface area contributed by atoms with E-state index in [1.54, 1.807) is 27.4 Å². The van der Waals surface area contributed by atoms with Crippen LogP contribution in [0, 0.1) is 24.0 Å². The predicted octanol–water partition coefficient (Wildman–Crippen LogP) is 15.4. The molecule has 0 saturated carbocycles. The fourth-order valence-corrected chi connectivity index (χ4v) is 10.2. The Labute approximate surface area is 353 Å². The Morgan fingerprint density at radius 1 is 0.607 bits per heavy atom. The number of hydrogen-bond acceptors (Lipinski definition) is 0. The summed E-state index contributed by atoms with van der Waals surface area (Å²) in [4.78, 5) is 0. The number of allylic oxidation sites excluding steroid dienone is 4. The van der Waals surface area contributed by atoms with Crippen molar-refractivity contribution in [2.24, 2.45) is 11.8 Å². The summed E-state index contributed by atoms with van der Waals surface area (Å²) in [5.74, 6) is 1.71. The summed E-state index contributed by atoms with van der Waals surface area (Å²) in [7, 11) is 0. The van der Waals surface area contributed by atoms with Crippen molar-refractivity contribution in [2.45, 2.75) is 106 Å². The Hall–Kier alpha value is -3.93. The van der Waals surface area contributed by atoms with E-state index in [1.807, 2.05) is 12.2 Å². The van der Waals surface area contributed by atoms with E-state index in [0.29, 0.717) is 0 Å². The topological polar surface area (TPSA) is 0 Å². The van der Waals surface area contributed by atoms with Crippen molar-refractivity contribution in [1.82, 2.24) is 0 Å². The molecule has 1 heteroatoms. The molecule has 0 atom stereocenters. The van der Waals surface area contributed by atoms with Gasteiger partial charge in [0.05, 0.1) is 0 Å². The van der Waals surface area contributed by atoms with Crippen LogP contribution in [0.4, 0.5) is 0 Å². The van der Waals surface area contributed by atoms with Crippen LogP contribution in [0.2, 0.25) is 0 Å². The number of benzene rings is 6. The van der Waals surface area contributed by atoms with Gasteiger partial charge in [-0.25, -0.2) is 12.2 Å². The van der Waals surface area contributed by atoms with Gasteiger partial charge in [0.25, 0.3) is 0 Å². The smallest absolute Gasteiger partial charge is 0.109 e. The second-order valence-corrected chi connectivity index (χ2v) is 20.3. The first-order valence-electron chi connectivity index (χ1n) is 20.6. The number of hydrogen-bond donors (Lipinski definition) is 0. The van der Waals surface area contributed by atoms with Gasteiger partial charge in [-0.3, -0.25) is 6.08 Å². The van der Waals surface area contributed by atoms with E-state index in [4.69, 9.17) is 0 Å². The summed E-state index contributed by atoms with van der Waals surface area (Å²) in [5.41, 5.74) is 13.4. The van der Waals surface area contributed by atoms with Gasteiger partial charge in [0, 0.05) is 0 Å². The second-order valence-electron chi connectivity index (χ2n) is 18.5. The molecule has 0 amide bonds. The van der Waals surface area contributed by atoms with E-state index < -0.39 is 0 Å². The van der Waals surface area contributed by atoms with Crippen LogP contribution >= 0.6 is 0 Å². The third-order valence-electron chi connectivity index (χ3n) is 10.7. The molecule has 2 aliphatic carbocycles. The first kappa shape index (κ1) is 41.7. The van der Waals surface area contributed by atoms with E-state index in [9.17, 15) is 0 Å². The quantitative estimate of drug-likeness (QED) is 0.147. The van der Waals surface area contributed by atoms with E-state index in [1.165, 1.54) is 90.0 Å². The summed E-state index contributed by atoms with van der Waals surface area (Å²) >= 11 is 1.65. The summed E-state index contributed by atoms with van der Waals surface area (Å²) in [6, 6.07) is 42.4. The maximum absolute atomic E-state index is 4.00. The largest absolute Gasteiger partial charge is 0.273 e. The van der Waals surface area contributed by atoms with Gasteiger partial charge in [0.2, 0.25) is 0 Å². The van der Waals surface area contributed by atoms with Gasteiger partial charge in [-0.2, -0.15) is 6.08 Å². The molecule has 0 bridgehead atoms. The molecule has 6 aromatic rings. The summed E-state index contributed by atoms with van der Waals surface area (Å²) in [6.07, 6.45) is 13.6. The molecule has 0 nitrogen and oxygen atoms in total. The van der Waals surface area contributed by atoms with E-state index in [0.717, 1.165) is 24.7 Å². The molecule has 0 unspecified atom stereocenters. The Morgan fingerprint density at radius 2 is 1.14 bits per heavy atom. The van der Waals surface area contributed by atoms with Crippen LogP contribution in [-0.2, 0) is 41.5 Å². The Kier molecular flexibility index (Phi) is 13.2. The van der Waals surface area contributed by atoms with Crippen molar-refractivity contribution >= 4 is 24.8 Å². The molecule has 0 fully saturated rings. The SMILES string of the molecule is CC(C)(C)c1cc2c([c-]c1-c1cccc3ccccc13)Cc1cc(-c3cccc4ccccc34)c(C(C)(C)C)cc1-2.CC(C)C[C](=[Zr+2])CC(C)C.[C-]1=CC=CC1. The maximum Gasteiger partial charge on any atom is -0.109 e. The second kappa shape index (κ2) is 17.7. The molecule has 8 rings (SSSR count). The minimum atomic E-state index is -0.0175. The molecule has 0 aliphatic heterocycles. The first-order valence-corrected chi connectivity index (χ1v) is 21.9. The van der Waals surface area contributed by atoms with Crippen LogP contribution in [0.1, 0.15) is 111 Å². The summed E-state index contributed by atoms with van der Waals surface area (Å²) < 4.78 is 1.75. The maximum atomic E-state index is 4.00. The van der Waals surface area contributed by atoms with Gasteiger partial charge in [-0.1, -0.05) is 161 Å². The molecule has 0 radical (unpaired) electrons. The van der Waals surface area contributed by atoms with Crippen LogP contribution in [0.15, 0.2) is 121 Å². The van der Waals surface area contributed by atoms with Crippen LogP contribution < -0.4 is 0 Å². The fraction of sp³-hybridized carbons (Fsp3) is 0.327. The van der Waals surface area contributed by atoms with Gasteiger partial charge in [0.1, 0.15) is 0 Å². The minimum absolute atomic E-state index is 0.00350. The minimum Gasteiger partial charge on any atom is -0.273 e. The van der Waals surface area contributed by atoms with E-state index >= 15 is 0 Å². The van der Waals surface area contributed by atoms with Gasteiger partial charge in [0.15, 0.2) is 0 Å². The zero-order chi connectivity index (χ0) is 40.2. The van der Waals surface area contributed by atoms with Gasteiger partial charge >= 0.3 is 79.8 Å². The predicted molar refractivity (Wildman–Crippen MR) is 242 cm³/mol. The van der Waals surface area contributed by atoms with Crippen molar-refractivity contribution in [3.05, 3.63) is 156 Å². The molecule has 2 aliphatic rings. The van der Waals surface area contributed by atoms with Gasteiger partial charge in [-0.15, -0.1) is 35.2 Å². The standard InChI is InChI=1S/C41H37.C9H18.C5H5.Zr/c1-40(2,3)38-24-34-28(22-36(38)32-19-11-15-26-13-7-9-17-30(26)32)21-29-23-37(39(25-35(29)34)41(4,5)6)33-20-12-16-27-14-8-10-18-31(27)33;1-8(2)6-5-7-9(3)4;1-2-4-5-3-1;/h7-20,22,24-25H,21H2,1-6H3;8-9H,6-7H2,1-4H3;1-3H,4H2;/q-1;;-1;+2. The molecular formula is C55H60Zr. The average Bonchev–Trinajstić information content (AvgIpc) is 3.84. The van der Waals surface area contributed by atoms with Crippen molar-refractivity contribution in [3.8, 4) is 33.4 Å². The molecule has 0 N–H and O–H groups in total. The first-order chi connectivity index (χ1) is 26.6. The fourth-order valence-electron chi connectivity index (χ4n) is 8.16. The molecule has 56 heavy (non-hydrogen) atoms. The van der Waals surface area contributed by atoms with Crippen molar-refractivity contribution in [3.63, 3.8) is 0 Å². The van der Waals surface area contributed by atoms with Crippen LogP contribution in [0.25, 0.3) is 54.9 Å². The third kappa shape index (κ3) is 9.77. The Morgan fingerprint density at radius 3 is 1.66 bits per heavy atom. The molecule has 0 saturated heterocycles. The van der Waals surface area contributed by atoms with Crippen LogP contribution in [0.3, 0.4) is 0 Å². The van der Waals surface area contributed by atoms with Gasteiger partial charge < -0.3 is 0 Å². The van der Waals surface area contributed by atoms with Crippen LogP contribution in [-0.4, -0.2) is 3.21 Å². The molecule has 0 aromatic heterocycles.